The van der Waals surface area contributed by atoms with E-state index in [2.05, 4.69) is 25.0 Å². The second kappa shape index (κ2) is 6.43. The number of anilines is 2. The Morgan fingerprint density at radius 3 is 2.24 bits per heavy atom. The van der Waals surface area contributed by atoms with E-state index in [0.29, 0.717) is 11.5 Å². The van der Waals surface area contributed by atoms with Crippen LogP contribution in [0.25, 0.3) is 11.4 Å². The molecule has 7 heteroatoms. The first-order chi connectivity index (χ1) is 12.2. The van der Waals surface area contributed by atoms with Crippen molar-refractivity contribution in [2.45, 2.75) is 0 Å². The van der Waals surface area contributed by atoms with Crippen molar-refractivity contribution in [3.05, 3.63) is 64.8 Å². The highest BCUT2D eigenvalue weighted by Gasteiger charge is 2.19. The van der Waals surface area contributed by atoms with Crippen LogP contribution >= 0.6 is 0 Å². The summed E-state index contributed by atoms with van der Waals surface area (Å²) < 4.78 is 13.9. The number of aromatic nitrogens is 3. The molecule has 2 heterocycles. The van der Waals surface area contributed by atoms with E-state index in [1.807, 2.05) is 36.4 Å². The third-order valence-corrected chi connectivity index (χ3v) is 4.48. The Kier molecular flexibility index (Phi) is 3.97. The number of nitrogens with one attached hydrogen (secondary N) is 2. The van der Waals surface area contributed by atoms with E-state index in [1.165, 1.54) is 6.07 Å². The largest absolute Gasteiger partial charge is 0.368 e. The average molecular weight is 339 g/mol. The van der Waals surface area contributed by atoms with Crippen LogP contribution in [0.3, 0.4) is 0 Å². The van der Waals surface area contributed by atoms with Crippen molar-refractivity contribution in [3.8, 4) is 11.4 Å². The molecule has 1 fully saturated rings. The van der Waals surface area contributed by atoms with Crippen molar-refractivity contribution >= 4 is 11.4 Å². The Labute approximate surface area is 143 Å². The predicted octanol–water partition coefficient (Wildman–Crippen LogP) is 2.23. The molecule has 3 aromatic rings. The van der Waals surface area contributed by atoms with Gasteiger partial charge in [-0.05, 0) is 36.4 Å². The number of hydrogen-bond donors (Lipinski definition) is 2. The van der Waals surface area contributed by atoms with Gasteiger partial charge < -0.3 is 9.80 Å². The van der Waals surface area contributed by atoms with Crippen LogP contribution in [-0.2, 0) is 0 Å². The van der Waals surface area contributed by atoms with Crippen molar-refractivity contribution in [3.63, 3.8) is 0 Å². The summed E-state index contributed by atoms with van der Waals surface area (Å²) >= 11 is 0. The number of piperazine rings is 1. The zero-order chi connectivity index (χ0) is 17.2. The number of aromatic amines is 2. The second-order valence-electron chi connectivity index (χ2n) is 6.00. The number of para-hydroxylation sites is 1. The molecular weight excluding hydrogens is 321 g/mol. The van der Waals surface area contributed by atoms with Gasteiger partial charge in [0, 0.05) is 37.4 Å². The molecule has 0 saturated carbocycles. The lowest BCUT2D eigenvalue weighted by Gasteiger charge is -2.37. The lowest BCUT2D eigenvalue weighted by molar-refractivity contribution is 0.598. The summed E-state index contributed by atoms with van der Waals surface area (Å²) in [5.74, 6) is 0.356. The number of hydrogen-bond acceptors (Lipinski definition) is 4. The Morgan fingerprint density at radius 2 is 1.60 bits per heavy atom. The van der Waals surface area contributed by atoms with Crippen LogP contribution in [0.5, 0.6) is 0 Å². The summed E-state index contributed by atoms with van der Waals surface area (Å²) in [6, 6.07) is 14.8. The Morgan fingerprint density at radius 1 is 0.920 bits per heavy atom. The smallest absolute Gasteiger partial charge is 0.340 e. The number of H-pyrrole nitrogens is 2. The molecule has 4 rings (SSSR count). The fourth-order valence-electron chi connectivity index (χ4n) is 3.15. The molecule has 0 bridgehead atoms. The maximum Gasteiger partial charge on any atom is 0.340 e. The summed E-state index contributed by atoms with van der Waals surface area (Å²) in [5.41, 5.74) is 2.31. The highest BCUT2D eigenvalue weighted by atomic mass is 19.1. The molecule has 2 aromatic carbocycles. The maximum atomic E-state index is 13.9. The van der Waals surface area contributed by atoms with Crippen LogP contribution in [0.4, 0.5) is 15.8 Å². The molecule has 1 aliphatic rings. The van der Waals surface area contributed by atoms with Gasteiger partial charge in [0.2, 0.25) is 0 Å². The minimum absolute atomic E-state index is 0.173. The number of nitrogens with zero attached hydrogens (tertiary/aromatic N) is 3. The second-order valence-corrected chi connectivity index (χ2v) is 6.00. The van der Waals surface area contributed by atoms with Crippen LogP contribution < -0.4 is 15.5 Å². The van der Waals surface area contributed by atoms with Gasteiger partial charge in [-0.2, -0.15) is 5.10 Å². The van der Waals surface area contributed by atoms with Gasteiger partial charge in [-0.15, -0.1) is 0 Å². The summed E-state index contributed by atoms with van der Waals surface area (Å²) in [4.78, 5) is 18.1. The molecule has 128 valence electrons. The number of benzene rings is 2. The van der Waals surface area contributed by atoms with Crippen molar-refractivity contribution in [2.75, 3.05) is 36.0 Å². The molecule has 0 atom stereocenters. The van der Waals surface area contributed by atoms with Crippen molar-refractivity contribution in [1.82, 2.24) is 15.2 Å². The fourth-order valence-corrected chi connectivity index (χ4v) is 3.15. The molecule has 1 aromatic heterocycles. The summed E-state index contributed by atoms with van der Waals surface area (Å²) in [6.45, 7) is 3.20. The van der Waals surface area contributed by atoms with Crippen LogP contribution in [0, 0.1) is 5.82 Å². The zero-order valence-electron chi connectivity index (χ0n) is 13.6. The highest BCUT2D eigenvalue weighted by molar-refractivity contribution is 5.60. The topological polar surface area (TPSA) is 68.0 Å². The third-order valence-electron chi connectivity index (χ3n) is 4.48. The van der Waals surface area contributed by atoms with Gasteiger partial charge in [0.1, 0.15) is 5.82 Å². The van der Waals surface area contributed by atoms with Crippen molar-refractivity contribution in [2.24, 2.45) is 0 Å². The van der Waals surface area contributed by atoms with Gasteiger partial charge in [-0.3, -0.25) is 4.98 Å². The molecule has 1 saturated heterocycles. The standard InChI is InChI=1S/C18H18FN5O/c19-15-3-1-2-4-16(15)24-11-9-23(10-12-24)14-7-5-13(6-8-14)17-20-18(25)22-21-17/h1-8H,9-12H2,(H2,20,21,22,25). The summed E-state index contributed by atoms with van der Waals surface area (Å²) in [5, 5.41) is 6.29. The molecule has 6 nitrogen and oxygen atoms in total. The molecular formula is C18H18FN5O. The van der Waals surface area contributed by atoms with Gasteiger partial charge in [0.05, 0.1) is 5.69 Å². The first-order valence-electron chi connectivity index (χ1n) is 8.20. The summed E-state index contributed by atoms with van der Waals surface area (Å²) in [7, 11) is 0. The monoisotopic (exact) mass is 339 g/mol. The predicted molar refractivity (Wildman–Crippen MR) is 95.5 cm³/mol. The normalized spacial score (nSPS) is 14.8. The van der Waals surface area contributed by atoms with E-state index >= 15 is 0 Å². The average Bonchev–Trinajstić information content (AvgIpc) is 3.09. The lowest BCUT2D eigenvalue weighted by Crippen LogP contribution is -2.46. The van der Waals surface area contributed by atoms with Gasteiger partial charge in [-0.25, -0.2) is 14.3 Å². The molecule has 0 radical (unpaired) electrons. The Balaban J connectivity index is 1.44. The highest BCUT2D eigenvalue weighted by Crippen LogP contribution is 2.24. The number of rotatable bonds is 3. The molecule has 0 spiro atoms. The van der Waals surface area contributed by atoms with Gasteiger partial charge >= 0.3 is 5.69 Å². The van der Waals surface area contributed by atoms with Crippen LogP contribution in [0.1, 0.15) is 0 Å². The van der Waals surface area contributed by atoms with Crippen LogP contribution in [0.2, 0.25) is 0 Å². The van der Waals surface area contributed by atoms with Gasteiger partial charge in [0.15, 0.2) is 5.82 Å². The van der Waals surface area contributed by atoms with E-state index in [1.54, 1.807) is 6.07 Å². The van der Waals surface area contributed by atoms with Crippen molar-refractivity contribution < 1.29 is 4.39 Å². The Bertz CT molecular complexity index is 909. The summed E-state index contributed by atoms with van der Waals surface area (Å²) in [6.07, 6.45) is 0. The first kappa shape index (κ1) is 15.4. The minimum Gasteiger partial charge on any atom is -0.368 e. The van der Waals surface area contributed by atoms with E-state index in [4.69, 9.17) is 0 Å². The van der Waals surface area contributed by atoms with Gasteiger partial charge in [-0.1, -0.05) is 12.1 Å². The maximum absolute atomic E-state index is 13.9. The van der Waals surface area contributed by atoms with Crippen LogP contribution in [0.15, 0.2) is 53.3 Å². The minimum atomic E-state index is -0.316. The van der Waals surface area contributed by atoms with E-state index < -0.39 is 0 Å². The molecule has 2 N–H and O–H groups in total. The fraction of sp³-hybridized carbons (Fsp3) is 0.222. The van der Waals surface area contributed by atoms with E-state index in [-0.39, 0.29) is 11.5 Å². The molecule has 0 amide bonds. The molecule has 1 aliphatic heterocycles. The lowest BCUT2D eigenvalue weighted by atomic mass is 10.1. The van der Waals surface area contributed by atoms with Crippen molar-refractivity contribution in [1.29, 1.82) is 0 Å². The SMILES string of the molecule is O=c1[nH]nc(-c2ccc(N3CCN(c4ccccc4F)CC3)cc2)[nH]1. The number of halogens is 1. The Hall–Kier alpha value is -3.09. The van der Waals surface area contributed by atoms with Gasteiger partial charge in [0.25, 0.3) is 0 Å². The quantitative estimate of drug-likeness (QED) is 0.768. The molecule has 25 heavy (non-hydrogen) atoms. The molecule has 0 aliphatic carbocycles. The van der Waals surface area contributed by atoms with E-state index in [9.17, 15) is 9.18 Å². The van der Waals surface area contributed by atoms with Crippen LogP contribution in [-0.4, -0.2) is 41.4 Å². The third kappa shape index (κ3) is 3.13. The zero-order valence-corrected chi connectivity index (χ0v) is 13.6. The van der Waals surface area contributed by atoms with E-state index in [0.717, 1.165) is 37.4 Å². The molecule has 0 unspecified atom stereocenters. The first-order valence-corrected chi connectivity index (χ1v) is 8.20.